The van der Waals surface area contributed by atoms with E-state index >= 15 is 0 Å². The first kappa shape index (κ1) is 11.9. The molecule has 0 amide bonds. The molecule has 2 heteroatoms. The lowest BCUT2D eigenvalue weighted by molar-refractivity contribution is 0.262. The fraction of sp³-hybridized carbons (Fsp3) is 0.800. The van der Waals surface area contributed by atoms with E-state index in [1.165, 1.54) is 12.2 Å². The van der Waals surface area contributed by atoms with Crippen LogP contribution in [0.3, 0.4) is 0 Å². The van der Waals surface area contributed by atoms with E-state index in [0.717, 1.165) is 13.0 Å². The molecule has 0 aliphatic heterocycles. The van der Waals surface area contributed by atoms with Crippen molar-refractivity contribution in [2.75, 3.05) is 25.6 Å². The minimum atomic E-state index is 0.688. The normalized spacial score (nSPS) is 12.9. The minimum absolute atomic E-state index is 0.688. The van der Waals surface area contributed by atoms with Gasteiger partial charge < -0.3 is 4.90 Å². The lowest BCUT2D eigenvalue weighted by Gasteiger charge is -2.25. The number of hydrogen-bond donors (Lipinski definition) is 0. The van der Waals surface area contributed by atoms with E-state index in [2.05, 4.69) is 31.0 Å². The molecule has 0 rings (SSSR count). The molecule has 0 heterocycles. The second-order valence-electron chi connectivity index (χ2n) is 2.95. The molecule has 0 aliphatic rings. The first-order valence-corrected chi connectivity index (χ1v) is 5.78. The summed E-state index contributed by atoms with van der Waals surface area (Å²) in [5.74, 6) is 3.88. The van der Waals surface area contributed by atoms with E-state index in [9.17, 15) is 0 Å². The van der Waals surface area contributed by atoms with Gasteiger partial charge in [0.2, 0.25) is 0 Å². The Kier molecular flexibility index (Phi) is 7.43. The van der Waals surface area contributed by atoms with Gasteiger partial charge in [0.25, 0.3) is 0 Å². The van der Waals surface area contributed by atoms with Crippen molar-refractivity contribution in [2.45, 2.75) is 25.8 Å². The summed E-state index contributed by atoms with van der Waals surface area (Å²) in [6.07, 6.45) is 9.43. The van der Waals surface area contributed by atoms with Crippen LogP contribution in [0.5, 0.6) is 0 Å². The maximum Gasteiger partial charge on any atom is 0.0214 e. The van der Waals surface area contributed by atoms with Crippen LogP contribution in [0.4, 0.5) is 0 Å². The Labute approximate surface area is 80.9 Å². The highest BCUT2D eigenvalue weighted by atomic mass is 32.2. The number of terminal acetylenes is 1. The molecule has 0 bridgehead atoms. The highest BCUT2D eigenvalue weighted by Gasteiger charge is 2.10. The van der Waals surface area contributed by atoms with Gasteiger partial charge >= 0.3 is 0 Å². The van der Waals surface area contributed by atoms with Crippen LogP contribution in [0.1, 0.15) is 19.8 Å². The van der Waals surface area contributed by atoms with Crippen molar-refractivity contribution in [3.8, 4) is 12.3 Å². The molecule has 0 spiro atoms. The zero-order valence-corrected chi connectivity index (χ0v) is 9.16. The highest BCUT2D eigenvalue weighted by molar-refractivity contribution is 7.98. The first-order chi connectivity index (χ1) is 5.76. The Morgan fingerprint density at radius 3 is 2.67 bits per heavy atom. The van der Waals surface area contributed by atoms with Crippen molar-refractivity contribution in [3.63, 3.8) is 0 Å². The van der Waals surface area contributed by atoms with Crippen LogP contribution in [-0.2, 0) is 0 Å². The molecular weight excluding hydrogens is 166 g/mol. The van der Waals surface area contributed by atoms with Gasteiger partial charge in [-0.3, -0.25) is 0 Å². The van der Waals surface area contributed by atoms with E-state index < -0.39 is 0 Å². The van der Waals surface area contributed by atoms with E-state index in [0.29, 0.717) is 6.04 Å². The molecule has 0 aromatic carbocycles. The summed E-state index contributed by atoms with van der Waals surface area (Å²) in [6, 6.07) is 0.688. The molecule has 1 atom stereocenters. The van der Waals surface area contributed by atoms with Crippen LogP contribution in [-0.4, -0.2) is 36.5 Å². The molecule has 70 valence electrons. The van der Waals surface area contributed by atoms with Gasteiger partial charge in [-0.1, -0.05) is 6.92 Å². The Hall–Kier alpha value is -0.130. The molecule has 0 aliphatic carbocycles. The summed E-state index contributed by atoms with van der Waals surface area (Å²) in [6.45, 7) is 3.25. The van der Waals surface area contributed by atoms with Gasteiger partial charge in [0.05, 0.1) is 0 Å². The van der Waals surface area contributed by atoms with Crippen molar-refractivity contribution in [1.29, 1.82) is 0 Å². The third-order valence-electron chi connectivity index (χ3n) is 2.06. The molecule has 0 fully saturated rings. The largest absolute Gasteiger partial charge is 0.302 e. The number of hydrogen-bond acceptors (Lipinski definition) is 2. The average molecular weight is 185 g/mol. The first-order valence-electron chi connectivity index (χ1n) is 4.38. The lowest BCUT2D eigenvalue weighted by atomic mass is 10.2. The summed E-state index contributed by atoms with van der Waals surface area (Å²) in [5, 5.41) is 0. The van der Waals surface area contributed by atoms with Crippen molar-refractivity contribution >= 4 is 11.8 Å². The van der Waals surface area contributed by atoms with E-state index in [4.69, 9.17) is 6.42 Å². The summed E-state index contributed by atoms with van der Waals surface area (Å²) >= 11 is 1.90. The molecule has 0 aromatic heterocycles. The topological polar surface area (TPSA) is 3.24 Å². The van der Waals surface area contributed by atoms with Gasteiger partial charge in [0, 0.05) is 24.8 Å². The van der Waals surface area contributed by atoms with Gasteiger partial charge in [0.15, 0.2) is 0 Å². The molecule has 0 saturated heterocycles. The van der Waals surface area contributed by atoms with Crippen LogP contribution >= 0.6 is 11.8 Å². The standard InChI is InChI=1S/C10H19NS/c1-5-7-8-11(3)10(6-2)9-12-4/h1,10H,6-9H2,2-4H3. The second-order valence-corrected chi connectivity index (χ2v) is 3.86. The number of rotatable bonds is 6. The van der Waals surface area contributed by atoms with E-state index in [-0.39, 0.29) is 0 Å². The highest BCUT2D eigenvalue weighted by Crippen LogP contribution is 2.08. The third-order valence-corrected chi connectivity index (χ3v) is 2.78. The SMILES string of the molecule is C#CCCN(C)C(CC)CSC. The summed E-state index contributed by atoms with van der Waals surface area (Å²) in [5.41, 5.74) is 0. The predicted molar refractivity (Wildman–Crippen MR) is 58.5 cm³/mol. The predicted octanol–water partition coefficient (Wildman–Crippen LogP) is 2.08. The van der Waals surface area contributed by atoms with E-state index in [1.54, 1.807) is 0 Å². The van der Waals surface area contributed by atoms with Crippen molar-refractivity contribution < 1.29 is 0 Å². The Morgan fingerprint density at radius 1 is 1.58 bits per heavy atom. The molecule has 1 nitrogen and oxygen atoms in total. The quantitative estimate of drug-likeness (QED) is 0.583. The van der Waals surface area contributed by atoms with Gasteiger partial charge in [0.1, 0.15) is 0 Å². The molecule has 12 heavy (non-hydrogen) atoms. The number of nitrogens with zero attached hydrogens (tertiary/aromatic N) is 1. The summed E-state index contributed by atoms with van der Waals surface area (Å²) < 4.78 is 0. The average Bonchev–Trinajstić information content (AvgIpc) is 2.10. The van der Waals surface area contributed by atoms with Crippen LogP contribution in [0.25, 0.3) is 0 Å². The third kappa shape index (κ3) is 4.69. The van der Waals surface area contributed by atoms with Gasteiger partial charge in [-0.25, -0.2) is 0 Å². The Bertz CT molecular complexity index is 139. The smallest absolute Gasteiger partial charge is 0.0214 e. The molecular formula is C10H19NS. The molecule has 0 radical (unpaired) electrons. The van der Waals surface area contributed by atoms with Crippen LogP contribution in [0, 0.1) is 12.3 Å². The maximum absolute atomic E-state index is 5.21. The van der Waals surface area contributed by atoms with Crippen molar-refractivity contribution in [2.24, 2.45) is 0 Å². The van der Waals surface area contributed by atoms with Crippen LogP contribution in [0.15, 0.2) is 0 Å². The molecule has 1 unspecified atom stereocenters. The Balaban J connectivity index is 3.69. The molecule has 0 saturated carbocycles. The second kappa shape index (κ2) is 7.52. The summed E-state index contributed by atoms with van der Waals surface area (Å²) in [7, 11) is 2.15. The fourth-order valence-corrected chi connectivity index (χ4v) is 2.05. The zero-order valence-electron chi connectivity index (χ0n) is 8.34. The maximum atomic E-state index is 5.21. The monoisotopic (exact) mass is 185 g/mol. The summed E-state index contributed by atoms with van der Waals surface area (Å²) in [4.78, 5) is 2.36. The van der Waals surface area contributed by atoms with Crippen molar-refractivity contribution in [1.82, 2.24) is 4.90 Å². The van der Waals surface area contributed by atoms with Gasteiger partial charge in [-0.2, -0.15) is 11.8 Å². The van der Waals surface area contributed by atoms with Crippen LogP contribution in [0.2, 0.25) is 0 Å². The lowest BCUT2D eigenvalue weighted by Crippen LogP contribution is -2.33. The van der Waals surface area contributed by atoms with Crippen molar-refractivity contribution in [3.05, 3.63) is 0 Å². The number of thioether (sulfide) groups is 1. The van der Waals surface area contributed by atoms with Crippen LogP contribution < -0.4 is 0 Å². The Morgan fingerprint density at radius 2 is 2.25 bits per heavy atom. The van der Waals surface area contributed by atoms with Gasteiger partial charge in [-0.05, 0) is 19.7 Å². The van der Waals surface area contributed by atoms with E-state index in [1.807, 2.05) is 11.8 Å². The molecule has 0 N–H and O–H groups in total. The van der Waals surface area contributed by atoms with Gasteiger partial charge in [-0.15, -0.1) is 12.3 Å². The fourth-order valence-electron chi connectivity index (χ4n) is 1.17. The molecule has 0 aromatic rings. The minimum Gasteiger partial charge on any atom is -0.302 e. The zero-order chi connectivity index (χ0) is 9.40.